The van der Waals surface area contributed by atoms with Crippen LogP contribution in [0.2, 0.25) is 0 Å². The van der Waals surface area contributed by atoms with Gasteiger partial charge >= 0.3 is 0 Å². The molecule has 4 rings (SSSR count). The maximum absolute atomic E-state index is 12.8. The average molecular weight is 330 g/mol. The SMILES string of the molecule is O=C(c1cccs1)N1C[C@@H](Oc2ccccn2)[C@H]2OCCC[C@H]21. The summed E-state index contributed by atoms with van der Waals surface area (Å²) >= 11 is 1.48. The van der Waals surface area contributed by atoms with Gasteiger partial charge in [-0.3, -0.25) is 4.79 Å². The van der Waals surface area contributed by atoms with E-state index in [4.69, 9.17) is 9.47 Å². The van der Waals surface area contributed by atoms with Crippen molar-refractivity contribution in [2.24, 2.45) is 0 Å². The highest BCUT2D eigenvalue weighted by Crippen LogP contribution is 2.32. The Morgan fingerprint density at radius 3 is 3.09 bits per heavy atom. The van der Waals surface area contributed by atoms with Gasteiger partial charge in [0, 0.05) is 18.9 Å². The Bertz CT molecular complexity index is 662. The first kappa shape index (κ1) is 14.7. The summed E-state index contributed by atoms with van der Waals surface area (Å²) in [5.41, 5.74) is 0. The number of nitrogens with zero attached hydrogens (tertiary/aromatic N) is 2. The van der Waals surface area contributed by atoms with Crippen molar-refractivity contribution in [3.05, 3.63) is 46.8 Å². The summed E-state index contributed by atoms with van der Waals surface area (Å²) in [6, 6.07) is 9.45. The topological polar surface area (TPSA) is 51.7 Å². The Labute approximate surface area is 138 Å². The monoisotopic (exact) mass is 330 g/mol. The first-order valence-electron chi connectivity index (χ1n) is 7.87. The van der Waals surface area contributed by atoms with Crippen LogP contribution in [0.15, 0.2) is 41.9 Å². The Kier molecular flexibility index (Phi) is 4.01. The lowest BCUT2D eigenvalue weighted by Gasteiger charge is -2.31. The predicted molar refractivity (Wildman–Crippen MR) is 86.8 cm³/mol. The lowest BCUT2D eigenvalue weighted by molar-refractivity contribution is -0.0455. The lowest BCUT2D eigenvalue weighted by atomic mass is 10.0. The number of aromatic nitrogens is 1. The van der Waals surface area contributed by atoms with Gasteiger partial charge in [-0.15, -0.1) is 11.3 Å². The van der Waals surface area contributed by atoms with Gasteiger partial charge in [0.1, 0.15) is 12.2 Å². The van der Waals surface area contributed by atoms with E-state index in [2.05, 4.69) is 4.98 Å². The van der Waals surface area contributed by atoms with E-state index in [1.54, 1.807) is 6.20 Å². The van der Waals surface area contributed by atoms with E-state index in [1.165, 1.54) is 11.3 Å². The molecule has 1 amide bonds. The van der Waals surface area contributed by atoms with Crippen LogP contribution in [-0.4, -0.2) is 47.2 Å². The minimum Gasteiger partial charge on any atom is -0.470 e. The molecule has 2 fully saturated rings. The molecule has 6 heteroatoms. The fourth-order valence-electron chi connectivity index (χ4n) is 3.36. The summed E-state index contributed by atoms with van der Waals surface area (Å²) in [6.45, 7) is 1.27. The van der Waals surface area contributed by atoms with Gasteiger partial charge in [0.25, 0.3) is 5.91 Å². The van der Waals surface area contributed by atoms with E-state index < -0.39 is 0 Å². The molecule has 2 aliphatic rings. The molecule has 0 radical (unpaired) electrons. The largest absolute Gasteiger partial charge is 0.470 e. The zero-order chi connectivity index (χ0) is 15.6. The molecule has 2 saturated heterocycles. The first-order valence-corrected chi connectivity index (χ1v) is 8.74. The van der Waals surface area contributed by atoms with E-state index in [0.717, 1.165) is 24.3 Å². The van der Waals surface area contributed by atoms with Gasteiger partial charge in [0.15, 0.2) is 0 Å². The van der Waals surface area contributed by atoms with Gasteiger partial charge in [-0.2, -0.15) is 0 Å². The van der Waals surface area contributed by atoms with E-state index in [9.17, 15) is 4.79 Å². The average Bonchev–Trinajstić information content (AvgIpc) is 3.24. The van der Waals surface area contributed by atoms with Crippen molar-refractivity contribution in [3.63, 3.8) is 0 Å². The van der Waals surface area contributed by atoms with Gasteiger partial charge in [0.05, 0.1) is 17.5 Å². The summed E-state index contributed by atoms with van der Waals surface area (Å²) in [6.07, 6.45) is 3.40. The van der Waals surface area contributed by atoms with Crippen molar-refractivity contribution in [1.82, 2.24) is 9.88 Å². The molecule has 4 heterocycles. The number of fused-ring (bicyclic) bond motifs is 1. The minimum atomic E-state index is -0.167. The highest BCUT2D eigenvalue weighted by atomic mass is 32.1. The molecule has 2 aromatic heterocycles. The van der Waals surface area contributed by atoms with Crippen LogP contribution in [0.3, 0.4) is 0 Å². The third-order valence-electron chi connectivity index (χ3n) is 4.38. The molecule has 0 bridgehead atoms. The number of hydrogen-bond donors (Lipinski definition) is 0. The van der Waals surface area contributed by atoms with Crippen LogP contribution in [0.25, 0.3) is 0 Å². The van der Waals surface area contributed by atoms with E-state index in [-0.39, 0.29) is 24.2 Å². The smallest absolute Gasteiger partial charge is 0.264 e. The standard InChI is InChI=1S/C17H18N2O3S/c20-17(14-6-4-10-23-14)19-11-13(16-12(19)5-3-9-21-16)22-15-7-1-2-8-18-15/h1-2,4,6-8,10,12-13,16H,3,5,9,11H2/t12-,13-,16+/m1/s1. The second-order valence-corrected chi connectivity index (χ2v) is 6.75. The summed E-state index contributed by atoms with van der Waals surface area (Å²) in [4.78, 5) is 19.7. The summed E-state index contributed by atoms with van der Waals surface area (Å²) < 4.78 is 12.0. The molecule has 5 nitrogen and oxygen atoms in total. The van der Waals surface area contributed by atoms with Gasteiger partial charge in [-0.1, -0.05) is 12.1 Å². The normalized spacial score (nSPS) is 26.8. The molecule has 0 spiro atoms. The number of pyridine rings is 1. The molecule has 0 saturated carbocycles. The second kappa shape index (κ2) is 6.29. The maximum atomic E-state index is 12.8. The Morgan fingerprint density at radius 2 is 2.30 bits per heavy atom. The van der Waals surface area contributed by atoms with Crippen LogP contribution in [0, 0.1) is 0 Å². The van der Waals surface area contributed by atoms with Crippen LogP contribution in [-0.2, 0) is 4.74 Å². The third-order valence-corrected chi connectivity index (χ3v) is 5.24. The van der Waals surface area contributed by atoms with Crippen molar-refractivity contribution in [2.45, 2.75) is 31.1 Å². The van der Waals surface area contributed by atoms with Crippen molar-refractivity contribution in [3.8, 4) is 5.88 Å². The molecule has 0 aromatic carbocycles. The maximum Gasteiger partial charge on any atom is 0.264 e. The highest BCUT2D eigenvalue weighted by Gasteiger charge is 2.47. The fraction of sp³-hybridized carbons (Fsp3) is 0.412. The van der Waals surface area contributed by atoms with E-state index in [0.29, 0.717) is 12.4 Å². The number of thiophene rings is 1. The van der Waals surface area contributed by atoms with E-state index in [1.807, 2.05) is 40.6 Å². The molecule has 3 atom stereocenters. The predicted octanol–water partition coefficient (Wildman–Crippen LogP) is 2.59. The number of hydrogen-bond acceptors (Lipinski definition) is 5. The number of amides is 1. The molecule has 2 aliphatic heterocycles. The second-order valence-electron chi connectivity index (χ2n) is 5.80. The molecular formula is C17H18N2O3S. The number of ether oxygens (including phenoxy) is 2. The number of likely N-dealkylation sites (tertiary alicyclic amines) is 1. The highest BCUT2D eigenvalue weighted by molar-refractivity contribution is 7.12. The van der Waals surface area contributed by atoms with Crippen LogP contribution in [0.1, 0.15) is 22.5 Å². The van der Waals surface area contributed by atoms with Crippen molar-refractivity contribution in [1.29, 1.82) is 0 Å². The molecule has 0 aliphatic carbocycles. The zero-order valence-electron chi connectivity index (χ0n) is 12.6. The molecule has 23 heavy (non-hydrogen) atoms. The van der Waals surface area contributed by atoms with Crippen molar-refractivity contribution >= 4 is 17.2 Å². The quantitative estimate of drug-likeness (QED) is 0.868. The summed E-state index contributed by atoms with van der Waals surface area (Å²) in [7, 11) is 0. The number of carbonyl (C=O) groups is 1. The summed E-state index contributed by atoms with van der Waals surface area (Å²) in [5, 5.41) is 1.93. The Balaban J connectivity index is 1.56. The van der Waals surface area contributed by atoms with Gasteiger partial charge in [-0.25, -0.2) is 4.98 Å². The van der Waals surface area contributed by atoms with Crippen LogP contribution in [0.5, 0.6) is 5.88 Å². The van der Waals surface area contributed by atoms with Crippen molar-refractivity contribution in [2.75, 3.05) is 13.2 Å². The summed E-state index contributed by atoms with van der Waals surface area (Å²) in [5.74, 6) is 0.656. The van der Waals surface area contributed by atoms with Gasteiger partial charge in [0.2, 0.25) is 5.88 Å². The van der Waals surface area contributed by atoms with Crippen LogP contribution < -0.4 is 4.74 Å². The molecular weight excluding hydrogens is 312 g/mol. The molecule has 2 aromatic rings. The number of carbonyl (C=O) groups excluding carboxylic acids is 1. The third kappa shape index (κ3) is 2.84. The van der Waals surface area contributed by atoms with E-state index >= 15 is 0 Å². The zero-order valence-corrected chi connectivity index (χ0v) is 13.4. The van der Waals surface area contributed by atoms with Crippen LogP contribution in [0.4, 0.5) is 0 Å². The minimum absolute atomic E-state index is 0.0744. The van der Waals surface area contributed by atoms with Crippen molar-refractivity contribution < 1.29 is 14.3 Å². The van der Waals surface area contributed by atoms with Gasteiger partial charge in [-0.05, 0) is 30.4 Å². The lowest BCUT2D eigenvalue weighted by Crippen LogP contribution is -2.44. The first-order chi connectivity index (χ1) is 11.3. The Morgan fingerprint density at radius 1 is 1.35 bits per heavy atom. The molecule has 120 valence electrons. The Hall–Kier alpha value is -1.92. The van der Waals surface area contributed by atoms with Gasteiger partial charge < -0.3 is 14.4 Å². The van der Waals surface area contributed by atoms with Crippen LogP contribution >= 0.6 is 11.3 Å². The molecule has 0 unspecified atom stereocenters. The molecule has 0 N–H and O–H groups in total. The fourth-order valence-corrected chi connectivity index (χ4v) is 4.04. The number of rotatable bonds is 3.